The number of aromatic nitrogens is 4. The van der Waals surface area contributed by atoms with Crippen molar-refractivity contribution in [3.05, 3.63) is 36.0 Å². The predicted molar refractivity (Wildman–Crippen MR) is 121 cm³/mol. The Morgan fingerprint density at radius 2 is 1.97 bits per heavy atom. The summed E-state index contributed by atoms with van der Waals surface area (Å²) in [6.07, 6.45) is 4.41. The fraction of sp³-hybridized carbons (Fsp3) is 0.409. The van der Waals surface area contributed by atoms with E-state index in [9.17, 15) is 5.11 Å². The number of aliphatic hydroxyl groups excluding tert-OH is 1. The van der Waals surface area contributed by atoms with Crippen LogP contribution >= 0.6 is 11.3 Å². The highest BCUT2D eigenvalue weighted by Gasteiger charge is 2.26. The molecule has 2 aliphatic rings. The Hall–Kier alpha value is -2.71. The number of aliphatic hydroxyl groups is 1. The van der Waals surface area contributed by atoms with Crippen molar-refractivity contribution in [2.45, 2.75) is 31.6 Å². The third-order valence-electron chi connectivity index (χ3n) is 6.22. The molecule has 2 fully saturated rings. The number of nitrogens with zero attached hydrogens (tertiary/aromatic N) is 4. The summed E-state index contributed by atoms with van der Waals surface area (Å²) < 4.78 is 2.27. The zero-order valence-corrected chi connectivity index (χ0v) is 17.5. The molecule has 0 spiro atoms. The summed E-state index contributed by atoms with van der Waals surface area (Å²) in [5, 5.41) is 21.7. The zero-order chi connectivity index (χ0) is 20.1. The van der Waals surface area contributed by atoms with Gasteiger partial charge in [0.15, 0.2) is 11.6 Å². The number of aromatic amines is 1. The summed E-state index contributed by atoms with van der Waals surface area (Å²) in [6, 6.07) is 10.5. The monoisotopic (exact) mass is 420 g/mol. The number of fused-ring (bicyclic) bond motifs is 3. The fourth-order valence-corrected chi connectivity index (χ4v) is 5.33. The van der Waals surface area contributed by atoms with Crippen LogP contribution < -0.4 is 10.2 Å². The van der Waals surface area contributed by atoms with Gasteiger partial charge in [0.2, 0.25) is 5.95 Å². The molecule has 30 heavy (non-hydrogen) atoms. The minimum atomic E-state index is 0.262. The highest BCUT2D eigenvalue weighted by Crippen LogP contribution is 2.41. The average Bonchev–Trinajstić information content (AvgIpc) is 3.42. The Bertz CT molecular complexity index is 1210. The number of piperidine rings is 1. The van der Waals surface area contributed by atoms with Crippen LogP contribution in [0.2, 0.25) is 0 Å². The molecule has 4 heterocycles. The van der Waals surface area contributed by atoms with Crippen LogP contribution in [0.3, 0.4) is 0 Å². The number of benzene rings is 1. The molecule has 0 unspecified atom stereocenters. The Labute approximate surface area is 178 Å². The first kappa shape index (κ1) is 18.1. The molecule has 4 aromatic rings. The minimum Gasteiger partial charge on any atom is -0.396 e. The van der Waals surface area contributed by atoms with Crippen LogP contribution in [0.5, 0.6) is 0 Å². The van der Waals surface area contributed by atoms with Gasteiger partial charge >= 0.3 is 0 Å². The molecule has 0 atom stereocenters. The van der Waals surface area contributed by atoms with E-state index >= 15 is 0 Å². The topological polar surface area (TPSA) is 90.0 Å². The molecule has 3 N–H and O–H groups in total. The lowest BCUT2D eigenvalue weighted by atomic mass is 9.98. The molecule has 1 saturated heterocycles. The Kier molecular flexibility index (Phi) is 4.35. The molecule has 1 aliphatic carbocycles. The van der Waals surface area contributed by atoms with Crippen LogP contribution in [-0.2, 0) is 0 Å². The predicted octanol–water partition coefficient (Wildman–Crippen LogP) is 4.40. The second-order valence-electron chi connectivity index (χ2n) is 8.37. The highest BCUT2D eigenvalue weighted by molar-refractivity contribution is 7.26. The second-order valence-corrected chi connectivity index (χ2v) is 9.42. The number of hydrogen-bond acceptors (Lipinski definition) is 7. The van der Waals surface area contributed by atoms with Crippen molar-refractivity contribution in [1.29, 1.82) is 0 Å². The number of rotatable bonds is 5. The van der Waals surface area contributed by atoms with Gasteiger partial charge in [-0.1, -0.05) is 18.2 Å². The second kappa shape index (κ2) is 7.21. The van der Waals surface area contributed by atoms with Gasteiger partial charge in [0.25, 0.3) is 0 Å². The highest BCUT2D eigenvalue weighted by atomic mass is 32.1. The first-order valence-electron chi connectivity index (χ1n) is 10.7. The fourth-order valence-electron chi connectivity index (χ4n) is 4.25. The normalized spacial score (nSPS) is 17.8. The molecule has 1 saturated carbocycles. The largest absolute Gasteiger partial charge is 0.396 e. The van der Waals surface area contributed by atoms with Crippen molar-refractivity contribution < 1.29 is 5.11 Å². The van der Waals surface area contributed by atoms with E-state index in [1.54, 1.807) is 11.3 Å². The van der Waals surface area contributed by atoms with Crippen LogP contribution in [0.4, 0.5) is 17.6 Å². The third-order valence-corrected chi connectivity index (χ3v) is 7.39. The lowest BCUT2D eigenvalue weighted by molar-refractivity contribution is 0.202. The van der Waals surface area contributed by atoms with Crippen LogP contribution in [0.25, 0.3) is 20.3 Å². The van der Waals surface area contributed by atoms with Gasteiger partial charge in [-0.3, -0.25) is 5.10 Å². The maximum absolute atomic E-state index is 9.47. The molecule has 8 heteroatoms. The van der Waals surface area contributed by atoms with Crippen molar-refractivity contribution in [3.63, 3.8) is 0 Å². The van der Waals surface area contributed by atoms with Gasteiger partial charge in [-0.05, 0) is 37.7 Å². The summed E-state index contributed by atoms with van der Waals surface area (Å²) in [5.41, 5.74) is 2.19. The van der Waals surface area contributed by atoms with E-state index in [2.05, 4.69) is 50.7 Å². The molecule has 7 nitrogen and oxygen atoms in total. The number of H-pyrrole nitrogens is 1. The number of nitrogens with one attached hydrogen (secondary N) is 2. The number of anilines is 3. The molecule has 0 amide bonds. The van der Waals surface area contributed by atoms with Crippen molar-refractivity contribution in [1.82, 2.24) is 20.2 Å². The maximum atomic E-state index is 9.47. The van der Waals surface area contributed by atoms with Crippen LogP contribution in [-0.4, -0.2) is 45.0 Å². The SMILES string of the molecule is OCC1CCN(c2nc(Nc3cc(C4CC4)[nH]n3)c3sc4ccccc4c3n2)CC1. The lowest BCUT2D eigenvalue weighted by Crippen LogP contribution is -2.35. The van der Waals surface area contributed by atoms with Crippen molar-refractivity contribution in [2.24, 2.45) is 5.92 Å². The van der Waals surface area contributed by atoms with E-state index in [1.165, 1.54) is 23.2 Å². The summed E-state index contributed by atoms with van der Waals surface area (Å²) in [4.78, 5) is 12.2. The summed E-state index contributed by atoms with van der Waals surface area (Å²) in [5.74, 6) is 3.39. The van der Waals surface area contributed by atoms with Crippen LogP contribution in [0, 0.1) is 5.92 Å². The quantitative estimate of drug-likeness (QED) is 0.443. The maximum Gasteiger partial charge on any atom is 0.227 e. The van der Waals surface area contributed by atoms with Crippen LogP contribution in [0.1, 0.15) is 37.3 Å². The molecular formula is C22H24N6OS. The summed E-state index contributed by atoms with van der Waals surface area (Å²) >= 11 is 1.72. The Morgan fingerprint density at radius 3 is 2.77 bits per heavy atom. The molecule has 0 bridgehead atoms. The lowest BCUT2D eigenvalue weighted by Gasteiger charge is -2.31. The smallest absolute Gasteiger partial charge is 0.227 e. The van der Waals surface area contributed by atoms with Gasteiger partial charge in [0.05, 0.1) is 10.2 Å². The Balaban J connectivity index is 1.42. The van der Waals surface area contributed by atoms with E-state index in [0.29, 0.717) is 11.8 Å². The molecule has 1 aliphatic heterocycles. The van der Waals surface area contributed by atoms with E-state index < -0.39 is 0 Å². The molecule has 1 aromatic carbocycles. The van der Waals surface area contributed by atoms with Gasteiger partial charge in [-0.2, -0.15) is 10.1 Å². The third kappa shape index (κ3) is 3.20. The minimum absolute atomic E-state index is 0.262. The first-order chi connectivity index (χ1) is 14.8. The zero-order valence-electron chi connectivity index (χ0n) is 16.6. The standard InChI is InChI=1S/C22H24N6OS/c29-12-13-7-9-28(10-8-13)22-24-19-15-3-1-2-4-17(15)30-20(19)21(25-22)23-18-11-16(26-27-18)14-5-6-14/h1-4,11,13-14,29H,5-10,12H2,(H2,23,24,25,26,27). The van der Waals surface area contributed by atoms with Crippen molar-refractivity contribution in [3.8, 4) is 0 Å². The van der Waals surface area contributed by atoms with E-state index in [4.69, 9.17) is 9.97 Å². The molecule has 0 radical (unpaired) electrons. The van der Waals surface area contributed by atoms with Crippen LogP contribution in [0.15, 0.2) is 30.3 Å². The van der Waals surface area contributed by atoms with Gasteiger partial charge in [0, 0.05) is 47.5 Å². The van der Waals surface area contributed by atoms with E-state index in [0.717, 1.165) is 59.1 Å². The number of hydrogen-bond donors (Lipinski definition) is 3. The van der Waals surface area contributed by atoms with Gasteiger partial charge < -0.3 is 15.3 Å². The molecule has 3 aromatic heterocycles. The summed E-state index contributed by atoms with van der Waals surface area (Å²) in [7, 11) is 0. The molecular weight excluding hydrogens is 396 g/mol. The molecule has 6 rings (SSSR count). The Morgan fingerprint density at radius 1 is 1.13 bits per heavy atom. The van der Waals surface area contributed by atoms with E-state index in [-0.39, 0.29) is 6.61 Å². The first-order valence-corrected chi connectivity index (χ1v) is 11.5. The van der Waals surface area contributed by atoms with Gasteiger partial charge in [-0.15, -0.1) is 11.3 Å². The number of thiophene rings is 1. The van der Waals surface area contributed by atoms with Gasteiger partial charge in [0.1, 0.15) is 0 Å². The van der Waals surface area contributed by atoms with E-state index in [1.807, 2.05) is 0 Å². The van der Waals surface area contributed by atoms with Crippen molar-refractivity contribution >= 4 is 49.2 Å². The average molecular weight is 421 g/mol. The van der Waals surface area contributed by atoms with Crippen molar-refractivity contribution in [2.75, 3.05) is 29.9 Å². The summed E-state index contributed by atoms with van der Waals surface area (Å²) in [6.45, 7) is 2.00. The molecule has 154 valence electrons. The van der Waals surface area contributed by atoms with Gasteiger partial charge in [-0.25, -0.2) is 4.98 Å².